The molecule has 1 atom stereocenters. The fourth-order valence-electron chi connectivity index (χ4n) is 2.78. The van der Waals surface area contributed by atoms with Gasteiger partial charge in [0.1, 0.15) is 11.9 Å². The minimum absolute atomic E-state index is 0. The summed E-state index contributed by atoms with van der Waals surface area (Å²) >= 11 is 0. The number of guanidine groups is 1. The topological polar surface area (TPSA) is 84.6 Å². The van der Waals surface area contributed by atoms with Crippen LogP contribution in [0.25, 0.3) is 0 Å². The van der Waals surface area contributed by atoms with Gasteiger partial charge in [-0.3, -0.25) is 0 Å². The van der Waals surface area contributed by atoms with Crippen molar-refractivity contribution in [2.24, 2.45) is 4.99 Å². The summed E-state index contributed by atoms with van der Waals surface area (Å²) in [7, 11) is 0. The second-order valence-corrected chi connectivity index (χ2v) is 6.65. The molecule has 8 heteroatoms. The van der Waals surface area contributed by atoms with Crippen LogP contribution in [0.2, 0.25) is 0 Å². The van der Waals surface area contributed by atoms with Gasteiger partial charge in [0.25, 0.3) is 0 Å². The van der Waals surface area contributed by atoms with Crippen molar-refractivity contribution >= 4 is 29.9 Å². The smallest absolute Gasteiger partial charge is 0.228 e. The average molecular weight is 485 g/mol. The van der Waals surface area contributed by atoms with Gasteiger partial charge in [0, 0.05) is 31.8 Å². The van der Waals surface area contributed by atoms with Gasteiger partial charge < -0.3 is 19.9 Å². The number of para-hydroxylation sites is 1. The lowest BCUT2D eigenvalue weighted by Gasteiger charge is -2.12. The third-order valence-electron chi connectivity index (χ3n) is 4.14. The third kappa shape index (κ3) is 6.08. The van der Waals surface area contributed by atoms with E-state index in [1.807, 2.05) is 39.0 Å². The SMILES string of the molecule is CCNC(=NCC1Cc2ccccc2O1)NCCc1nc(C(C)C)no1.I. The van der Waals surface area contributed by atoms with Gasteiger partial charge in [-0.15, -0.1) is 24.0 Å². The molecule has 0 saturated heterocycles. The van der Waals surface area contributed by atoms with Gasteiger partial charge in [-0.1, -0.05) is 37.2 Å². The Morgan fingerprint density at radius 2 is 2.11 bits per heavy atom. The molecule has 1 unspecified atom stereocenters. The number of nitrogens with zero attached hydrogens (tertiary/aromatic N) is 3. The van der Waals surface area contributed by atoms with Crippen LogP contribution < -0.4 is 15.4 Å². The van der Waals surface area contributed by atoms with E-state index >= 15 is 0 Å². The molecule has 3 rings (SSSR count). The highest BCUT2D eigenvalue weighted by Gasteiger charge is 2.21. The fraction of sp³-hybridized carbons (Fsp3) is 0.526. The van der Waals surface area contributed by atoms with Gasteiger partial charge in [0.05, 0.1) is 6.54 Å². The van der Waals surface area contributed by atoms with Gasteiger partial charge in [-0.2, -0.15) is 4.98 Å². The molecule has 0 spiro atoms. The van der Waals surface area contributed by atoms with Crippen molar-refractivity contribution < 1.29 is 9.26 Å². The Kier molecular flexibility index (Phi) is 8.33. The van der Waals surface area contributed by atoms with Crippen LogP contribution in [0, 0.1) is 0 Å². The van der Waals surface area contributed by atoms with E-state index in [4.69, 9.17) is 9.26 Å². The number of benzene rings is 1. The van der Waals surface area contributed by atoms with Crippen molar-refractivity contribution in [3.8, 4) is 5.75 Å². The zero-order valence-electron chi connectivity index (χ0n) is 16.1. The Balaban J connectivity index is 0.00000261. The summed E-state index contributed by atoms with van der Waals surface area (Å²) < 4.78 is 11.2. The predicted molar refractivity (Wildman–Crippen MR) is 116 cm³/mol. The van der Waals surface area contributed by atoms with Crippen LogP contribution in [-0.2, 0) is 12.8 Å². The van der Waals surface area contributed by atoms with Crippen LogP contribution in [-0.4, -0.2) is 41.8 Å². The second-order valence-electron chi connectivity index (χ2n) is 6.65. The Morgan fingerprint density at radius 3 is 2.81 bits per heavy atom. The number of aliphatic imine (C=N–C) groups is 1. The zero-order chi connectivity index (χ0) is 18.4. The van der Waals surface area contributed by atoms with E-state index in [9.17, 15) is 0 Å². The molecule has 0 fully saturated rings. The van der Waals surface area contributed by atoms with Crippen molar-refractivity contribution in [3.05, 3.63) is 41.5 Å². The van der Waals surface area contributed by atoms with E-state index in [0.717, 1.165) is 30.5 Å². The number of fused-ring (bicyclic) bond motifs is 1. The summed E-state index contributed by atoms with van der Waals surface area (Å²) in [6, 6.07) is 8.16. The van der Waals surface area contributed by atoms with Crippen LogP contribution in [0.4, 0.5) is 0 Å². The van der Waals surface area contributed by atoms with E-state index < -0.39 is 0 Å². The summed E-state index contributed by atoms with van der Waals surface area (Å²) in [6.45, 7) is 8.24. The zero-order valence-corrected chi connectivity index (χ0v) is 18.4. The average Bonchev–Trinajstić information content (AvgIpc) is 3.26. The summed E-state index contributed by atoms with van der Waals surface area (Å²) in [6.07, 6.45) is 1.65. The van der Waals surface area contributed by atoms with Gasteiger partial charge >= 0.3 is 0 Å². The molecular formula is C19H28IN5O2. The molecule has 1 aromatic heterocycles. The van der Waals surface area contributed by atoms with Gasteiger partial charge in [0.2, 0.25) is 5.89 Å². The summed E-state index contributed by atoms with van der Waals surface area (Å²) in [4.78, 5) is 9.03. The summed E-state index contributed by atoms with van der Waals surface area (Å²) in [5.41, 5.74) is 1.25. The second kappa shape index (κ2) is 10.5. The number of halogens is 1. The largest absolute Gasteiger partial charge is 0.488 e. The van der Waals surface area contributed by atoms with Gasteiger partial charge in [0.15, 0.2) is 11.8 Å². The van der Waals surface area contributed by atoms with Crippen LogP contribution in [0.5, 0.6) is 5.75 Å². The van der Waals surface area contributed by atoms with Crippen LogP contribution in [0.3, 0.4) is 0 Å². The number of hydrogen-bond donors (Lipinski definition) is 2. The van der Waals surface area contributed by atoms with Crippen LogP contribution in [0.1, 0.15) is 44.0 Å². The lowest BCUT2D eigenvalue weighted by Crippen LogP contribution is -2.39. The lowest BCUT2D eigenvalue weighted by atomic mass is 10.1. The Hall–Kier alpha value is -1.84. The molecule has 0 radical (unpaired) electrons. The first-order chi connectivity index (χ1) is 12.7. The number of rotatable bonds is 7. The molecule has 0 aliphatic carbocycles. The van der Waals surface area contributed by atoms with Crippen LogP contribution >= 0.6 is 24.0 Å². The number of aromatic nitrogens is 2. The lowest BCUT2D eigenvalue weighted by molar-refractivity contribution is 0.241. The van der Waals surface area contributed by atoms with E-state index in [1.54, 1.807) is 0 Å². The van der Waals surface area contributed by atoms with Crippen molar-refractivity contribution in [2.45, 2.75) is 45.6 Å². The number of hydrogen-bond acceptors (Lipinski definition) is 5. The molecule has 1 aromatic carbocycles. The van der Waals surface area contributed by atoms with E-state index in [-0.39, 0.29) is 36.0 Å². The Bertz CT molecular complexity index is 722. The number of nitrogens with one attached hydrogen (secondary N) is 2. The maximum Gasteiger partial charge on any atom is 0.228 e. The predicted octanol–water partition coefficient (Wildman–Crippen LogP) is 2.91. The standard InChI is InChI=1S/C19H27N5O2.HI/c1-4-20-19(21-10-9-17-23-18(13(2)3)24-26-17)22-12-15-11-14-7-5-6-8-16(14)25-15;/h5-8,13,15H,4,9-12H2,1-3H3,(H2,20,21,22);1H. The van der Waals surface area contributed by atoms with Crippen LogP contribution in [0.15, 0.2) is 33.8 Å². The number of ether oxygens (including phenoxy) is 1. The Labute approximate surface area is 177 Å². The molecule has 0 saturated carbocycles. The highest BCUT2D eigenvalue weighted by atomic mass is 127. The minimum Gasteiger partial charge on any atom is -0.488 e. The monoisotopic (exact) mass is 485 g/mol. The van der Waals surface area contributed by atoms with Crippen molar-refractivity contribution in [1.82, 2.24) is 20.8 Å². The summed E-state index contributed by atoms with van der Waals surface area (Å²) in [5, 5.41) is 10.5. The van der Waals surface area contributed by atoms with E-state index in [0.29, 0.717) is 25.4 Å². The minimum atomic E-state index is 0. The maximum atomic E-state index is 5.94. The highest BCUT2D eigenvalue weighted by Crippen LogP contribution is 2.28. The first kappa shape index (κ1) is 21.5. The molecular weight excluding hydrogens is 457 g/mol. The molecule has 7 nitrogen and oxygen atoms in total. The first-order valence-electron chi connectivity index (χ1n) is 9.25. The van der Waals surface area contributed by atoms with E-state index in [2.05, 4.69) is 31.8 Å². The highest BCUT2D eigenvalue weighted by molar-refractivity contribution is 14.0. The van der Waals surface area contributed by atoms with Crippen molar-refractivity contribution in [1.29, 1.82) is 0 Å². The molecule has 1 aliphatic heterocycles. The molecule has 148 valence electrons. The quantitative estimate of drug-likeness (QED) is 0.357. The van der Waals surface area contributed by atoms with Gasteiger partial charge in [-0.05, 0) is 18.6 Å². The molecule has 1 aliphatic rings. The van der Waals surface area contributed by atoms with Crippen molar-refractivity contribution in [3.63, 3.8) is 0 Å². The molecule has 0 bridgehead atoms. The third-order valence-corrected chi connectivity index (χ3v) is 4.14. The maximum absolute atomic E-state index is 5.94. The molecule has 2 aromatic rings. The normalized spacial score (nSPS) is 15.9. The molecule has 0 amide bonds. The molecule has 2 N–H and O–H groups in total. The van der Waals surface area contributed by atoms with Crippen molar-refractivity contribution in [2.75, 3.05) is 19.6 Å². The van der Waals surface area contributed by atoms with Gasteiger partial charge in [-0.25, -0.2) is 4.99 Å². The molecule has 27 heavy (non-hydrogen) atoms. The Morgan fingerprint density at radius 1 is 1.30 bits per heavy atom. The van der Waals surface area contributed by atoms with E-state index in [1.165, 1.54) is 5.56 Å². The fourth-order valence-corrected chi connectivity index (χ4v) is 2.78. The first-order valence-corrected chi connectivity index (χ1v) is 9.25. The molecule has 2 heterocycles. The summed E-state index contributed by atoms with van der Waals surface area (Å²) in [5.74, 6) is 3.42.